The van der Waals surface area contributed by atoms with E-state index < -0.39 is 5.63 Å². The predicted octanol–water partition coefficient (Wildman–Crippen LogP) is 4.82. The summed E-state index contributed by atoms with van der Waals surface area (Å²) in [5, 5.41) is 4.82. The summed E-state index contributed by atoms with van der Waals surface area (Å²) in [4.78, 5) is 28.5. The fourth-order valence-electron chi connectivity index (χ4n) is 2.48. The second kappa shape index (κ2) is 6.74. The molecule has 7 heteroatoms. The number of carbonyl (C=O) groups excluding carboxylic acids is 1. The third-order valence-corrected chi connectivity index (χ3v) is 5.07. The zero-order valence-electron chi connectivity index (χ0n) is 13.2. The Bertz CT molecular complexity index is 1180. The van der Waals surface area contributed by atoms with Gasteiger partial charge in [0.15, 0.2) is 0 Å². The molecule has 0 saturated heterocycles. The minimum absolute atomic E-state index is 0.266. The van der Waals surface area contributed by atoms with Crippen molar-refractivity contribution in [2.24, 2.45) is 0 Å². The van der Waals surface area contributed by atoms with Gasteiger partial charge < -0.3 is 9.73 Å². The molecule has 1 amide bonds. The molecule has 0 radical (unpaired) electrons. The van der Waals surface area contributed by atoms with Gasteiger partial charge in [0.25, 0.3) is 5.91 Å². The third-order valence-electron chi connectivity index (χ3n) is 3.71. The number of halogens is 1. The SMILES string of the molecule is O=C(Nc1ccc2oc(=O)ccc2c1)c1cnc(-c2ccccc2Cl)s1. The molecule has 0 aliphatic carbocycles. The highest BCUT2D eigenvalue weighted by atomic mass is 35.5. The van der Waals surface area contributed by atoms with Crippen LogP contribution in [0.1, 0.15) is 9.67 Å². The number of nitrogens with zero attached hydrogens (tertiary/aromatic N) is 1. The lowest BCUT2D eigenvalue weighted by molar-refractivity contribution is 0.103. The third kappa shape index (κ3) is 3.24. The van der Waals surface area contributed by atoms with Crippen LogP contribution in [-0.2, 0) is 0 Å². The van der Waals surface area contributed by atoms with Crippen molar-refractivity contribution in [3.63, 3.8) is 0 Å². The molecule has 0 atom stereocenters. The van der Waals surface area contributed by atoms with E-state index in [9.17, 15) is 9.59 Å². The number of amides is 1. The molecular formula is C19H11ClN2O3S. The molecule has 128 valence electrons. The second-order valence-electron chi connectivity index (χ2n) is 5.47. The quantitative estimate of drug-likeness (QED) is 0.515. The summed E-state index contributed by atoms with van der Waals surface area (Å²) in [6.07, 6.45) is 1.53. The van der Waals surface area contributed by atoms with E-state index in [0.29, 0.717) is 26.2 Å². The molecule has 2 aromatic carbocycles. The molecule has 0 aliphatic heterocycles. The maximum atomic E-state index is 12.5. The molecule has 26 heavy (non-hydrogen) atoms. The second-order valence-corrected chi connectivity index (χ2v) is 6.91. The van der Waals surface area contributed by atoms with Gasteiger partial charge in [-0.25, -0.2) is 9.78 Å². The number of fused-ring (bicyclic) bond motifs is 1. The monoisotopic (exact) mass is 382 g/mol. The smallest absolute Gasteiger partial charge is 0.336 e. The Labute approximate surface area is 156 Å². The highest BCUT2D eigenvalue weighted by Gasteiger charge is 2.14. The van der Waals surface area contributed by atoms with Crippen LogP contribution in [0, 0.1) is 0 Å². The van der Waals surface area contributed by atoms with Crippen LogP contribution in [0.25, 0.3) is 21.5 Å². The largest absolute Gasteiger partial charge is 0.423 e. The maximum Gasteiger partial charge on any atom is 0.336 e. The summed E-state index contributed by atoms with van der Waals surface area (Å²) >= 11 is 7.44. The van der Waals surface area contributed by atoms with E-state index in [1.54, 1.807) is 30.3 Å². The summed E-state index contributed by atoms with van der Waals surface area (Å²) in [6, 6.07) is 15.4. The van der Waals surface area contributed by atoms with Gasteiger partial charge in [-0.05, 0) is 30.3 Å². The molecule has 0 bridgehead atoms. The number of benzene rings is 2. The lowest BCUT2D eigenvalue weighted by Crippen LogP contribution is -2.10. The first kappa shape index (κ1) is 16.5. The molecule has 4 rings (SSSR count). The number of rotatable bonds is 3. The lowest BCUT2D eigenvalue weighted by atomic mass is 10.2. The molecular weight excluding hydrogens is 372 g/mol. The average Bonchev–Trinajstić information content (AvgIpc) is 3.12. The Morgan fingerprint density at radius 1 is 1.12 bits per heavy atom. The van der Waals surface area contributed by atoms with Gasteiger partial charge in [-0.1, -0.05) is 29.8 Å². The van der Waals surface area contributed by atoms with Crippen LogP contribution >= 0.6 is 22.9 Å². The summed E-state index contributed by atoms with van der Waals surface area (Å²) in [7, 11) is 0. The molecule has 0 unspecified atom stereocenters. The minimum Gasteiger partial charge on any atom is -0.423 e. The summed E-state index contributed by atoms with van der Waals surface area (Å²) < 4.78 is 5.08. The van der Waals surface area contributed by atoms with Crippen LogP contribution in [0.5, 0.6) is 0 Å². The Balaban J connectivity index is 1.58. The normalized spacial score (nSPS) is 10.8. The van der Waals surface area contributed by atoms with Crippen LogP contribution in [0.4, 0.5) is 5.69 Å². The first-order valence-corrected chi connectivity index (χ1v) is 8.85. The van der Waals surface area contributed by atoms with Crippen molar-refractivity contribution in [3.05, 3.63) is 81.1 Å². The van der Waals surface area contributed by atoms with Crippen molar-refractivity contribution in [1.82, 2.24) is 4.98 Å². The molecule has 0 saturated carbocycles. The zero-order chi connectivity index (χ0) is 18.1. The molecule has 4 aromatic rings. The molecule has 5 nitrogen and oxygen atoms in total. The standard InChI is InChI=1S/C19H11ClN2O3S/c20-14-4-2-1-3-13(14)19-21-10-16(26-19)18(24)22-12-6-7-15-11(9-12)5-8-17(23)25-15/h1-10H,(H,22,24). The Kier molecular flexibility index (Phi) is 4.28. The van der Waals surface area contributed by atoms with Crippen LogP contribution in [-0.4, -0.2) is 10.9 Å². The molecule has 0 spiro atoms. The van der Waals surface area contributed by atoms with E-state index in [4.69, 9.17) is 16.0 Å². The van der Waals surface area contributed by atoms with Crippen molar-refractivity contribution in [2.75, 3.05) is 5.32 Å². The van der Waals surface area contributed by atoms with E-state index in [2.05, 4.69) is 10.3 Å². The maximum absolute atomic E-state index is 12.5. The van der Waals surface area contributed by atoms with Gasteiger partial charge in [-0.2, -0.15) is 0 Å². The summed E-state index contributed by atoms with van der Waals surface area (Å²) in [5.74, 6) is -0.266. The van der Waals surface area contributed by atoms with Crippen molar-refractivity contribution < 1.29 is 9.21 Å². The first-order chi connectivity index (χ1) is 12.6. The highest BCUT2D eigenvalue weighted by Crippen LogP contribution is 2.31. The lowest BCUT2D eigenvalue weighted by Gasteiger charge is -2.04. The summed E-state index contributed by atoms with van der Waals surface area (Å²) in [6.45, 7) is 0. The zero-order valence-corrected chi connectivity index (χ0v) is 14.8. The molecule has 0 fully saturated rings. The fourth-order valence-corrected chi connectivity index (χ4v) is 3.61. The number of hydrogen-bond acceptors (Lipinski definition) is 5. The predicted molar refractivity (Wildman–Crippen MR) is 103 cm³/mol. The Morgan fingerprint density at radius 2 is 1.96 bits per heavy atom. The van der Waals surface area contributed by atoms with Crippen LogP contribution in [0.2, 0.25) is 5.02 Å². The van der Waals surface area contributed by atoms with Crippen molar-refractivity contribution >= 4 is 45.5 Å². The van der Waals surface area contributed by atoms with E-state index in [1.165, 1.54) is 23.6 Å². The highest BCUT2D eigenvalue weighted by molar-refractivity contribution is 7.17. The molecule has 2 heterocycles. The first-order valence-electron chi connectivity index (χ1n) is 7.66. The van der Waals surface area contributed by atoms with Crippen LogP contribution in [0.3, 0.4) is 0 Å². The van der Waals surface area contributed by atoms with Gasteiger partial charge in [-0.3, -0.25) is 4.79 Å². The van der Waals surface area contributed by atoms with E-state index in [0.717, 1.165) is 10.9 Å². The summed E-state index contributed by atoms with van der Waals surface area (Å²) in [5.41, 5.74) is 1.45. The van der Waals surface area contributed by atoms with Gasteiger partial charge in [0, 0.05) is 22.7 Å². The van der Waals surface area contributed by atoms with Gasteiger partial charge in [0.1, 0.15) is 15.5 Å². The van der Waals surface area contributed by atoms with E-state index >= 15 is 0 Å². The minimum atomic E-state index is -0.411. The van der Waals surface area contributed by atoms with E-state index in [1.807, 2.05) is 18.2 Å². The van der Waals surface area contributed by atoms with Gasteiger partial charge >= 0.3 is 5.63 Å². The van der Waals surface area contributed by atoms with Gasteiger partial charge in [0.2, 0.25) is 0 Å². The number of nitrogens with one attached hydrogen (secondary N) is 1. The van der Waals surface area contributed by atoms with Crippen LogP contribution < -0.4 is 10.9 Å². The number of thiazole rings is 1. The molecule has 2 aromatic heterocycles. The Morgan fingerprint density at radius 3 is 2.81 bits per heavy atom. The molecule has 0 aliphatic rings. The number of carbonyl (C=O) groups is 1. The Hall–Kier alpha value is -2.96. The van der Waals surface area contributed by atoms with E-state index in [-0.39, 0.29) is 5.91 Å². The van der Waals surface area contributed by atoms with Gasteiger partial charge in [-0.15, -0.1) is 11.3 Å². The number of hydrogen-bond donors (Lipinski definition) is 1. The van der Waals surface area contributed by atoms with Crippen molar-refractivity contribution in [2.45, 2.75) is 0 Å². The topological polar surface area (TPSA) is 72.2 Å². The van der Waals surface area contributed by atoms with Crippen molar-refractivity contribution in [3.8, 4) is 10.6 Å². The number of aromatic nitrogens is 1. The molecule has 1 N–H and O–H groups in total. The van der Waals surface area contributed by atoms with Crippen molar-refractivity contribution in [1.29, 1.82) is 0 Å². The number of anilines is 1. The average molecular weight is 383 g/mol. The van der Waals surface area contributed by atoms with Gasteiger partial charge in [0.05, 0.1) is 11.2 Å². The fraction of sp³-hybridized carbons (Fsp3) is 0. The van der Waals surface area contributed by atoms with Crippen LogP contribution in [0.15, 0.2) is 70.0 Å².